The number of hydrogen-bond acceptors (Lipinski definition) is 4. The molecule has 0 bridgehead atoms. The SMILES string of the molecule is Cc1cc2nc(CCC(=O)NCCc3ncnn3C)[nH]c2cc1C. The summed E-state index contributed by atoms with van der Waals surface area (Å²) in [5.74, 6) is 1.72. The molecule has 2 heterocycles. The van der Waals surface area contributed by atoms with E-state index in [0.717, 1.165) is 22.7 Å². The number of hydrogen-bond donors (Lipinski definition) is 2. The van der Waals surface area contributed by atoms with Crippen LogP contribution in [-0.2, 0) is 24.7 Å². The van der Waals surface area contributed by atoms with Crippen LogP contribution in [0.3, 0.4) is 0 Å². The first-order valence-corrected chi connectivity index (χ1v) is 8.08. The van der Waals surface area contributed by atoms with Crippen molar-refractivity contribution in [2.75, 3.05) is 6.54 Å². The molecule has 24 heavy (non-hydrogen) atoms. The van der Waals surface area contributed by atoms with E-state index in [9.17, 15) is 4.79 Å². The first-order chi connectivity index (χ1) is 11.5. The molecule has 0 aliphatic heterocycles. The molecule has 0 unspecified atom stereocenters. The molecule has 0 aliphatic rings. The zero-order chi connectivity index (χ0) is 17.1. The van der Waals surface area contributed by atoms with Gasteiger partial charge in [0.2, 0.25) is 5.91 Å². The Kier molecular flexibility index (Phi) is 4.59. The standard InChI is InChI=1S/C17H22N6O/c1-11-8-13-14(9-12(11)2)22-15(21-13)4-5-17(24)18-7-6-16-19-10-20-23(16)3/h8-10H,4-7H2,1-3H3,(H,18,24)(H,21,22). The lowest BCUT2D eigenvalue weighted by Gasteiger charge is -2.04. The van der Waals surface area contributed by atoms with E-state index in [0.29, 0.717) is 25.8 Å². The molecule has 1 aromatic carbocycles. The highest BCUT2D eigenvalue weighted by Gasteiger charge is 2.08. The zero-order valence-electron chi connectivity index (χ0n) is 14.3. The van der Waals surface area contributed by atoms with Crippen molar-refractivity contribution in [1.29, 1.82) is 0 Å². The monoisotopic (exact) mass is 326 g/mol. The van der Waals surface area contributed by atoms with Crippen molar-refractivity contribution in [3.63, 3.8) is 0 Å². The molecule has 0 radical (unpaired) electrons. The minimum absolute atomic E-state index is 0.0185. The smallest absolute Gasteiger partial charge is 0.220 e. The molecule has 2 aromatic heterocycles. The summed E-state index contributed by atoms with van der Waals surface area (Å²) in [4.78, 5) is 23.9. The van der Waals surface area contributed by atoms with E-state index >= 15 is 0 Å². The summed E-state index contributed by atoms with van der Waals surface area (Å²) in [6.45, 7) is 4.72. The highest BCUT2D eigenvalue weighted by molar-refractivity contribution is 5.78. The summed E-state index contributed by atoms with van der Waals surface area (Å²) in [6.07, 6.45) is 3.20. The molecule has 3 rings (SSSR count). The van der Waals surface area contributed by atoms with Gasteiger partial charge >= 0.3 is 0 Å². The van der Waals surface area contributed by atoms with Gasteiger partial charge in [-0.05, 0) is 37.1 Å². The second kappa shape index (κ2) is 6.82. The summed E-state index contributed by atoms with van der Waals surface area (Å²) in [5, 5.41) is 6.91. The van der Waals surface area contributed by atoms with Crippen molar-refractivity contribution in [2.24, 2.45) is 7.05 Å². The second-order valence-electron chi connectivity index (χ2n) is 6.04. The first-order valence-electron chi connectivity index (χ1n) is 8.08. The van der Waals surface area contributed by atoms with Crippen LogP contribution in [0.4, 0.5) is 0 Å². The van der Waals surface area contributed by atoms with Crippen LogP contribution < -0.4 is 5.32 Å². The molecule has 7 nitrogen and oxygen atoms in total. The third-order valence-electron chi connectivity index (χ3n) is 4.21. The Morgan fingerprint density at radius 2 is 2.04 bits per heavy atom. The van der Waals surface area contributed by atoms with Crippen LogP contribution >= 0.6 is 0 Å². The van der Waals surface area contributed by atoms with Crippen LogP contribution in [0.1, 0.15) is 29.2 Å². The second-order valence-corrected chi connectivity index (χ2v) is 6.04. The average molecular weight is 326 g/mol. The Bertz CT molecular complexity index is 824. The van der Waals surface area contributed by atoms with Crippen LogP contribution in [0, 0.1) is 13.8 Å². The largest absolute Gasteiger partial charge is 0.356 e. The fourth-order valence-corrected chi connectivity index (χ4v) is 2.62. The number of amides is 1. The minimum Gasteiger partial charge on any atom is -0.356 e. The van der Waals surface area contributed by atoms with Crippen molar-refractivity contribution < 1.29 is 4.79 Å². The number of aromatic amines is 1. The molecule has 2 N–H and O–H groups in total. The molecule has 0 atom stereocenters. The van der Waals surface area contributed by atoms with Gasteiger partial charge in [-0.15, -0.1) is 0 Å². The van der Waals surface area contributed by atoms with Crippen molar-refractivity contribution in [3.05, 3.63) is 41.2 Å². The predicted molar refractivity (Wildman–Crippen MR) is 91.6 cm³/mol. The maximum absolute atomic E-state index is 12.0. The summed E-state index contributed by atoms with van der Waals surface area (Å²) in [6, 6.07) is 4.17. The molecule has 0 aliphatic carbocycles. The Labute approximate surface area is 140 Å². The Morgan fingerprint density at radius 1 is 1.25 bits per heavy atom. The van der Waals surface area contributed by atoms with Gasteiger partial charge in [-0.3, -0.25) is 9.48 Å². The van der Waals surface area contributed by atoms with Gasteiger partial charge in [-0.2, -0.15) is 5.10 Å². The molecule has 3 aromatic rings. The number of H-pyrrole nitrogens is 1. The number of fused-ring (bicyclic) bond motifs is 1. The molecule has 7 heteroatoms. The number of benzene rings is 1. The van der Waals surface area contributed by atoms with E-state index in [-0.39, 0.29) is 5.91 Å². The molecular weight excluding hydrogens is 304 g/mol. The minimum atomic E-state index is 0.0185. The van der Waals surface area contributed by atoms with Crippen LogP contribution in [-0.4, -0.2) is 37.2 Å². The molecule has 0 saturated heterocycles. The maximum atomic E-state index is 12.0. The fraction of sp³-hybridized carbons (Fsp3) is 0.412. The number of carbonyl (C=O) groups excluding carboxylic acids is 1. The van der Waals surface area contributed by atoms with E-state index in [2.05, 4.69) is 51.3 Å². The van der Waals surface area contributed by atoms with Crippen molar-refractivity contribution in [1.82, 2.24) is 30.0 Å². The predicted octanol–water partition coefficient (Wildman–Crippen LogP) is 1.60. The quantitative estimate of drug-likeness (QED) is 0.720. The third kappa shape index (κ3) is 3.61. The van der Waals surface area contributed by atoms with Gasteiger partial charge in [-0.25, -0.2) is 9.97 Å². The number of aromatic nitrogens is 5. The van der Waals surface area contributed by atoms with Gasteiger partial charge in [0.1, 0.15) is 18.0 Å². The van der Waals surface area contributed by atoms with E-state index in [1.807, 2.05) is 7.05 Å². The van der Waals surface area contributed by atoms with Gasteiger partial charge in [0.25, 0.3) is 0 Å². The van der Waals surface area contributed by atoms with Crippen LogP contribution in [0.15, 0.2) is 18.5 Å². The summed E-state index contributed by atoms with van der Waals surface area (Å²) < 4.78 is 1.71. The van der Waals surface area contributed by atoms with Gasteiger partial charge < -0.3 is 10.3 Å². The normalized spacial score (nSPS) is 11.1. The maximum Gasteiger partial charge on any atom is 0.220 e. The van der Waals surface area contributed by atoms with E-state index in [1.54, 1.807) is 4.68 Å². The molecule has 1 amide bonds. The first kappa shape index (κ1) is 16.2. The fourth-order valence-electron chi connectivity index (χ4n) is 2.62. The molecular formula is C17H22N6O. The number of nitrogens with zero attached hydrogens (tertiary/aromatic N) is 4. The molecule has 0 spiro atoms. The summed E-state index contributed by atoms with van der Waals surface area (Å²) in [5.41, 5.74) is 4.44. The molecule has 126 valence electrons. The Balaban J connectivity index is 1.50. The van der Waals surface area contributed by atoms with E-state index in [4.69, 9.17) is 0 Å². The van der Waals surface area contributed by atoms with E-state index in [1.165, 1.54) is 17.5 Å². The number of rotatable bonds is 6. The highest BCUT2D eigenvalue weighted by atomic mass is 16.1. The highest BCUT2D eigenvalue weighted by Crippen LogP contribution is 2.17. The van der Waals surface area contributed by atoms with Crippen molar-refractivity contribution in [2.45, 2.75) is 33.1 Å². The lowest BCUT2D eigenvalue weighted by atomic mass is 10.1. The number of imidazole rings is 1. The lowest BCUT2D eigenvalue weighted by Crippen LogP contribution is -2.26. The van der Waals surface area contributed by atoms with Gasteiger partial charge in [0.15, 0.2) is 0 Å². The number of nitrogens with one attached hydrogen (secondary N) is 2. The van der Waals surface area contributed by atoms with E-state index < -0.39 is 0 Å². The third-order valence-corrected chi connectivity index (χ3v) is 4.21. The number of carbonyl (C=O) groups is 1. The summed E-state index contributed by atoms with van der Waals surface area (Å²) in [7, 11) is 1.84. The molecule has 0 saturated carbocycles. The zero-order valence-corrected chi connectivity index (χ0v) is 14.3. The molecule has 0 fully saturated rings. The van der Waals surface area contributed by atoms with Crippen LogP contribution in [0.2, 0.25) is 0 Å². The average Bonchev–Trinajstić information content (AvgIpc) is 3.12. The van der Waals surface area contributed by atoms with Crippen LogP contribution in [0.5, 0.6) is 0 Å². The number of aryl methyl sites for hydroxylation is 4. The lowest BCUT2D eigenvalue weighted by molar-refractivity contribution is -0.121. The van der Waals surface area contributed by atoms with Crippen LogP contribution in [0.25, 0.3) is 11.0 Å². The van der Waals surface area contributed by atoms with Gasteiger partial charge in [0.05, 0.1) is 11.0 Å². The summed E-state index contributed by atoms with van der Waals surface area (Å²) >= 11 is 0. The van der Waals surface area contributed by atoms with Crippen molar-refractivity contribution >= 4 is 16.9 Å². The Hall–Kier alpha value is -2.70. The van der Waals surface area contributed by atoms with Gasteiger partial charge in [0, 0.05) is 32.9 Å². The van der Waals surface area contributed by atoms with Gasteiger partial charge in [-0.1, -0.05) is 0 Å². The topological polar surface area (TPSA) is 88.5 Å². The van der Waals surface area contributed by atoms with Crippen molar-refractivity contribution in [3.8, 4) is 0 Å². The Morgan fingerprint density at radius 3 is 2.79 bits per heavy atom.